The molecule has 39 heavy (non-hydrogen) atoms. The van der Waals surface area contributed by atoms with E-state index in [4.69, 9.17) is 0 Å². The van der Waals surface area contributed by atoms with E-state index in [1.54, 1.807) is 44.7 Å². The van der Waals surface area contributed by atoms with Crippen molar-refractivity contribution in [3.05, 3.63) is 81.6 Å². The number of fused-ring (bicyclic) bond motifs is 1. The number of pyridine rings is 2. The van der Waals surface area contributed by atoms with E-state index >= 15 is 0 Å². The number of carbonyl (C=O) groups excluding carboxylic acids is 3. The van der Waals surface area contributed by atoms with Gasteiger partial charge in [0.1, 0.15) is 0 Å². The molecule has 0 unspecified atom stereocenters. The summed E-state index contributed by atoms with van der Waals surface area (Å²) in [6.07, 6.45) is 8.28. The number of amides is 2. The zero-order valence-corrected chi connectivity index (χ0v) is 23.0. The summed E-state index contributed by atoms with van der Waals surface area (Å²) in [4.78, 5) is 59.2. The van der Waals surface area contributed by atoms with Gasteiger partial charge in [-0.3, -0.25) is 19.4 Å². The number of likely N-dealkylation sites (N-methyl/N-ethyl adjacent to an activating group) is 1. The number of allylic oxidation sites excluding steroid dienone is 2. The molecule has 3 rings (SSSR count). The molecule has 10 heteroatoms. The first-order valence-corrected chi connectivity index (χ1v) is 12.6. The van der Waals surface area contributed by atoms with Crippen LogP contribution in [0.3, 0.4) is 0 Å². The SMILES string of the molecule is COC(=O)N[C@@H](CC/C=C/C(=O)N(C)C)C(=O)Cc1cccn(Cc2cc3nccc(C=C(C)C)c3[nH]2)c1=O. The monoisotopic (exact) mass is 533 g/mol. The second kappa shape index (κ2) is 13.4. The summed E-state index contributed by atoms with van der Waals surface area (Å²) in [5.74, 6) is -0.508. The van der Waals surface area contributed by atoms with Gasteiger partial charge in [0.05, 0.1) is 30.7 Å². The molecule has 3 heterocycles. The fraction of sp³-hybridized carbons (Fsp3) is 0.345. The lowest BCUT2D eigenvalue weighted by atomic mass is 10.0. The molecule has 0 saturated heterocycles. The lowest BCUT2D eigenvalue weighted by molar-refractivity contribution is -0.123. The molecule has 3 aromatic rings. The minimum absolute atomic E-state index is 0.159. The van der Waals surface area contributed by atoms with Crippen LogP contribution >= 0.6 is 0 Å². The highest BCUT2D eigenvalue weighted by Crippen LogP contribution is 2.20. The van der Waals surface area contributed by atoms with Gasteiger partial charge in [-0.1, -0.05) is 23.8 Å². The minimum Gasteiger partial charge on any atom is -0.453 e. The number of nitrogens with one attached hydrogen (secondary N) is 2. The smallest absolute Gasteiger partial charge is 0.407 e. The number of carbonyl (C=O) groups is 3. The average Bonchev–Trinajstić information content (AvgIpc) is 3.31. The number of Topliss-reactive ketones (excluding diaryl/α,β-unsaturated/α-hetero) is 1. The third kappa shape index (κ3) is 8.00. The maximum Gasteiger partial charge on any atom is 0.407 e. The van der Waals surface area contributed by atoms with Crippen LogP contribution in [0.1, 0.15) is 43.5 Å². The molecule has 0 bridgehead atoms. The topological polar surface area (TPSA) is 126 Å². The number of ketones is 1. The van der Waals surface area contributed by atoms with E-state index in [2.05, 4.69) is 26.1 Å². The Kier molecular flexibility index (Phi) is 9.97. The van der Waals surface area contributed by atoms with Gasteiger partial charge in [-0.15, -0.1) is 0 Å². The van der Waals surface area contributed by atoms with Crippen LogP contribution in [0.5, 0.6) is 0 Å². The van der Waals surface area contributed by atoms with Crippen LogP contribution in [0.4, 0.5) is 4.79 Å². The van der Waals surface area contributed by atoms with Gasteiger partial charge >= 0.3 is 6.09 Å². The van der Waals surface area contributed by atoms with Crippen LogP contribution < -0.4 is 10.9 Å². The Morgan fingerprint density at radius 3 is 2.69 bits per heavy atom. The van der Waals surface area contributed by atoms with Crippen molar-refractivity contribution in [3.8, 4) is 0 Å². The van der Waals surface area contributed by atoms with E-state index in [0.29, 0.717) is 12.0 Å². The number of ether oxygens (including phenoxy) is 1. The quantitative estimate of drug-likeness (QED) is 0.364. The third-order valence-corrected chi connectivity index (χ3v) is 6.05. The molecule has 0 aromatic carbocycles. The summed E-state index contributed by atoms with van der Waals surface area (Å²) in [6, 6.07) is 6.30. The van der Waals surface area contributed by atoms with E-state index in [0.717, 1.165) is 27.9 Å². The van der Waals surface area contributed by atoms with Crippen molar-refractivity contribution in [1.82, 2.24) is 24.8 Å². The van der Waals surface area contributed by atoms with Gasteiger partial charge < -0.3 is 24.5 Å². The first-order chi connectivity index (χ1) is 18.6. The van der Waals surface area contributed by atoms with E-state index in [1.165, 1.54) is 22.7 Å². The zero-order valence-electron chi connectivity index (χ0n) is 23.0. The molecule has 10 nitrogen and oxygen atoms in total. The molecule has 0 radical (unpaired) electrons. The Labute approximate surface area is 227 Å². The predicted molar refractivity (Wildman–Crippen MR) is 150 cm³/mol. The fourth-order valence-corrected chi connectivity index (χ4v) is 4.07. The van der Waals surface area contributed by atoms with E-state index in [9.17, 15) is 19.2 Å². The summed E-state index contributed by atoms with van der Waals surface area (Å²) < 4.78 is 6.20. The van der Waals surface area contributed by atoms with Crippen molar-refractivity contribution in [2.75, 3.05) is 21.2 Å². The Bertz CT molecular complexity index is 1460. The number of aromatic nitrogens is 3. The number of hydrogen-bond donors (Lipinski definition) is 2. The van der Waals surface area contributed by atoms with Gasteiger partial charge in [0, 0.05) is 49.7 Å². The highest BCUT2D eigenvalue weighted by atomic mass is 16.5. The van der Waals surface area contributed by atoms with Gasteiger partial charge in [-0.2, -0.15) is 0 Å². The van der Waals surface area contributed by atoms with Crippen LogP contribution in [0.15, 0.2) is 59.2 Å². The fourth-order valence-electron chi connectivity index (χ4n) is 4.07. The molecule has 0 aliphatic rings. The second-order valence-electron chi connectivity index (χ2n) is 9.69. The van der Waals surface area contributed by atoms with E-state index < -0.39 is 12.1 Å². The zero-order chi connectivity index (χ0) is 28.5. The van der Waals surface area contributed by atoms with Gasteiger partial charge in [0.25, 0.3) is 5.56 Å². The number of hydrogen-bond acceptors (Lipinski definition) is 6. The van der Waals surface area contributed by atoms with Crippen molar-refractivity contribution in [1.29, 1.82) is 0 Å². The van der Waals surface area contributed by atoms with Crippen LogP contribution in [-0.2, 0) is 27.3 Å². The highest BCUT2D eigenvalue weighted by Gasteiger charge is 2.22. The average molecular weight is 534 g/mol. The van der Waals surface area contributed by atoms with Gasteiger partial charge in [-0.05, 0) is 51.0 Å². The van der Waals surface area contributed by atoms with Crippen LogP contribution in [0.25, 0.3) is 17.1 Å². The molecular formula is C29H35N5O5. The molecule has 0 aliphatic heterocycles. The largest absolute Gasteiger partial charge is 0.453 e. The van der Waals surface area contributed by atoms with Gasteiger partial charge in [-0.25, -0.2) is 4.79 Å². The van der Waals surface area contributed by atoms with Crippen LogP contribution in [0.2, 0.25) is 0 Å². The number of aromatic amines is 1. The van der Waals surface area contributed by atoms with Gasteiger partial charge in [0.15, 0.2) is 5.78 Å². The van der Waals surface area contributed by atoms with Crippen LogP contribution in [0, 0.1) is 0 Å². The summed E-state index contributed by atoms with van der Waals surface area (Å²) in [7, 11) is 4.49. The van der Waals surface area contributed by atoms with Crippen molar-refractivity contribution in [2.45, 2.75) is 45.7 Å². The summed E-state index contributed by atoms with van der Waals surface area (Å²) in [6.45, 7) is 4.33. The summed E-state index contributed by atoms with van der Waals surface area (Å²) in [5.41, 5.74) is 4.70. The lowest BCUT2D eigenvalue weighted by Crippen LogP contribution is -2.42. The standard InChI is InChI=1S/C29H35N5O5/c1-19(2)15-20-12-13-30-24-17-22(31-27(20)24)18-34-14-8-9-21(28(34)37)16-25(35)23(32-29(38)39-5)10-6-7-11-26(36)33(3)4/h7-9,11-15,17,23,31H,6,10,16,18H2,1-5H3,(H,32,38)/b11-7+/t23-/m0/s1. The van der Waals surface area contributed by atoms with E-state index in [-0.39, 0.29) is 36.6 Å². The summed E-state index contributed by atoms with van der Waals surface area (Å²) in [5, 5.41) is 2.54. The first-order valence-electron chi connectivity index (χ1n) is 12.6. The molecule has 0 saturated carbocycles. The van der Waals surface area contributed by atoms with Crippen molar-refractivity contribution in [2.24, 2.45) is 0 Å². The third-order valence-electron chi connectivity index (χ3n) is 6.05. The lowest BCUT2D eigenvalue weighted by Gasteiger charge is -2.16. The minimum atomic E-state index is -0.877. The van der Waals surface area contributed by atoms with Gasteiger partial charge in [0.2, 0.25) is 5.91 Å². The molecule has 0 aliphatic carbocycles. The molecule has 206 valence electrons. The normalized spacial score (nSPS) is 11.8. The predicted octanol–water partition coefficient (Wildman–Crippen LogP) is 3.46. The van der Waals surface area contributed by atoms with Crippen molar-refractivity contribution >= 4 is 34.9 Å². The molecule has 2 N–H and O–H groups in total. The van der Waals surface area contributed by atoms with Crippen molar-refractivity contribution in [3.63, 3.8) is 0 Å². The Morgan fingerprint density at radius 2 is 2.00 bits per heavy atom. The van der Waals surface area contributed by atoms with Crippen molar-refractivity contribution < 1.29 is 19.1 Å². The number of alkyl carbamates (subject to hydrolysis) is 1. The van der Waals surface area contributed by atoms with Crippen LogP contribution in [-0.4, -0.2) is 64.5 Å². The number of H-pyrrole nitrogens is 1. The molecule has 0 spiro atoms. The number of rotatable bonds is 11. The molecular weight excluding hydrogens is 498 g/mol. The Balaban J connectivity index is 1.77. The maximum atomic E-state index is 13.2. The second-order valence-corrected chi connectivity index (χ2v) is 9.69. The summed E-state index contributed by atoms with van der Waals surface area (Å²) >= 11 is 0. The molecule has 0 fully saturated rings. The first kappa shape index (κ1) is 29.1. The molecule has 3 aromatic heterocycles. The Morgan fingerprint density at radius 1 is 1.23 bits per heavy atom. The molecule has 2 amide bonds. The molecule has 1 atom stereocenters. The maximum absolute atomic E-state index is 13.2. The highest BCUT2D eigenvalue weighted by molar-refractivity contribution is 5.89. The number of nitrogens with zero attached hydrogens (tertiary/aromatic N) is 3. The number of methoxy groups -OCH3 is 1. The van der Waals surface area contributed by atoms with E-state index in [1.807, 2.05) is 26.0 Å². The Hall–Kier alpha value is -4.47.